The molecule has 1 aromatic carbocycles. The van der Waals surface area contributed by atoms with Crippen molar-refractivity contribution in [2.75, 3.05) is 46.3 Å². The van der Waals surface area contributed by atoms with Gasteiger partial charge in [-0.3, -0.25) is 9.32 Å². The predicted molar refractivity (Wildman–Crippen MR) is 182 cm³/mol. The van der Waals surface area contributed by atoms with E-state index in [1.54, 1.807) is 18.2 Å². The average Bonchev–Trinajstić information content (AvgIpc) is 3.64. The van der Waals surface area contributed by atoms with Crippen LogP contribution >= 0.6 is 19.4 Å². The van der Waals surface area contributed by atoms with E-state index in [0.717, 1.165) is 18.1 Å². The molecule has 2 aromatic rings. The van der Waals surface area contributed by atoms with Gasteiger partial charge in [0.1, 0.15) is 12.4 Å². The van der Waals surface area contributed by atoms with Crippen molar-refractivity contribution in [2.45, 2.75) is 12.6 Å². The number of likely N-dealkylation sites (N-methyl/N-ethyl adjacent to an activating group) is 1. The highest BCUT2D eigenvalue weighted by Crippen LogP contribution is 2.59. The lowest BCUT2D eigenvalue weighted by atomic mass is 9.61. The number of aliphatic carboxylic acids is 1. The highest BCUT2D eigenvalue weighted by atomic mass is 35.5. The van der Waals surface area contributed by atoms with Gasteiger partial charge < -0.3 is 29.5 Å². The Morgan fingerprint density at radius 1 is 1.25 bits per heavy atom. The summed E-state index contributed by atoms with van der Waals surface area (Å²) in [5.41, 5.74) is -0.133. The summed E-state index contributed by atoms with van der Waals surface area (Å²) in [7, 11) is -5.27. The first kappa shape index (κ1) is 41.7. The third kappa shape index (κ3) is 9.54. The van der Waals surface area contributed by atoms with E-state index in [0.29, 0.717) is 28.6 Å². The first-order valence-corrected chi connectivity index (χ1v) is 18.9. The summed E-state index contributed by atoms with van der Waals surface area (Å²) in [4.78, 5) is 57.6. The molecule has 53 heavy (non-hydrogen) atoms. The van der Waals surface area contributed by atoms with Gasteiger partial charge in [0.05, 0.1) is 34.5 Å². The van der Waals surface area contributed by atoms with Crippen LogP contribution in [0, 0.1) is 27.4 Å². The van der Waals surface area contributed by atoms with Crippen LogP contribution in [-0.2, 0) is 23.9 Å². The monoisotopic (exact) mass is 811 g/mol. The summed E-state index contributed by atoms with van der Waals surface area (Å²) in [5, 5.41) is 20.2. The van der Waals surface area contributed by atoms with Gasteiger partial charge in [-0.15, -0.1) is 11.6 Å². The number of hydrazine groups is 1. The predicted octanol–water partition coefficient (Wildman–Crippen LogP) is 3.54. The largest absolute Gasteiger partial charge is 0.492 e. The summed E-state index contributed by atoms with van der Waals surface area (Å²) in [6.07, 6.45) is 2.09. The number of sulfonamides is 1. The number of nitro groups is 1. The highest BCUT2D eigenvalue weighted by molar-refractivity contribution is 7.93. The van der Waals surface area contributed by atoms with Crippen molar-refractivity contribution in [3.8, 4) is 5.75 Å². The first-order chi connectivity index (χ1) is 24.6. The average molecular weight is 812 g/mol. The minimum atomic E-state index is -5.08. The molecule has 5 N–H and O–H groups in total. The number of phosphoric acid groups is 1. The molecule has 3 unspecified atom stereocenters. The van der Waals surface area contributed by atoms with Crippen LogP contribution in [0.1, 0.15) is 16.9 Å². The normalized spacial score (nSPS) is 21.2. The van der Waals surface area contributed by atoms with Crippen LogP contribution in [0.25, 0.3) is 10.9 Å². The zero-order valence-electron chi connectivity index (χ0n) is 27.8. The molecule has 290 valence electrons. The minimum absolute atomic E-state index is 0.0500. The van der Waals surface area contributed by atoms with Gasteiger partial charge >= 0.3 is 20.0 Å². The molecule has 1 aliphatic heterocycles. The van der Waals surface area contributed by atoms with E-state index in [1.807, 2.05) is 31.1 Å². The highest BCUT2D eigenvalue weighted by Gasteiger charge is 2.58. The van der Waals surface area contributed by atoms with Gasteiger partial charge in [-0.2, -0.15) is 13.2 Å². The molecule has 2 heterocycles. The Morgan fingerprint density at radius 3 is 2.51 bits per heavy atom. The molecule has 0 fully saturated rings. The number of carbonyl (C=O) groups is 2. The molecule has 1 spiro atoms. The Labute approximate surface area is 304 Å². The van der Waals surface area contributed by atoms with Crippen LogP contribution in [0.3, 0.4) is 0 Å². The number of carboxylic acids is 1. The number of rotatable bonds is 14. The van der Waals surface area contributed by atoms with Crippen molar-refractivity contribution in [3.63, 3.8) is 0 Å². The van der Waals surface area contributed by atoms with Crippen LogP contribution in [0.5, 0.6) is 5.75 Å². The molecule has 3 atom stereocenters. The van der Waals surface area contributed by atoms with Crippen molar-refractivity contribution in [2.24, 2.45) is 17.3 Å². The molecule has 1 aromatic heterocycles. The second-order valence-electron chi connectivity index (χ2n) is 12.1. The van der Waals surface area contributed by atoms with Crippen LogP contribution in [0.15, 0.2) is 70.9 Å². The number of hydrogen-bond donors (Lipinski definition) is 5. The fourth-order valence-electron chi connectivity index (χ4n) is 6.01. The van der Waals surface area contributed by atoms with Gasteiger partial charge in [-0.05, 0) is 62.9 Å². The number of nitrogens with zero attached hydrogens (tertiary/aromatic N) is 3. The van der Waals surface area contributed by atoms with E-state index < -0.39 is 65.4 Å². The number of aromatic nitrogens is 1. The number of halogens is 4. The molecule has 0 bridgehead atoms. The molecule has 0 radical (unpaired) electrons. The minimum Gasteiger partial charge on any atom is -0.492 e. The zero-order chi connectivity index (χ0) is 39.5. The lowest BCUT2D eigenvalue weighted by Gasteiger charge is -2.43. The number of fused-ring (bicyclic) bond motifs is 1. The third-order valence-corrected chi connectivity index (χ3v) is 10.7. The molecule has 5 rings (SSSR count). The first-order valence-electron chi connectivity index (χ1n) is 15.4. The number of hydrogen-bond acceptors (Lipinski definition) is 10. The zero-order valence-corrected chi connectivity index (χ0v) is 30.3. The van der Waals surface area contributed by atoms with Gasteiger partial charge in [0.2, 0.25) is 10.0 Å². The van der Waals surface area contributed by atoms with Crippen LogP contribution in [0.4, 0.5) is 13.2 Å². The van der Waals surface area contributed by atoms with Crippen LogP contribution in [-0.4, -0.2) is 107 Å². The van der Waals surface area contributed by atoms with Crippen molar-refractivity contribution < 1.29 is 64.9 Å². The summed E-state index contributed by atoms with van der Waals surface area (Å²) >= 11 is 6.47. The number of H-pyrrole nitrogens is 1. The number of alkyl halides is 4. The lowest BCUT2D eigenvalue weighted by Crippen LogP contribution is -2.43. The Balaban J connectivity index is 0.000000815. The van der Waals surface area contributed by atoms with Gasteiger partial charge in [0.25, 0.3) is 0 Å². The number of ketones is 1. The lowest BCUT2D eigenvalue weighted by molar-refractivity contribution is -0.628. The summed E-state index contributed by atoms with van der Waals surface area (Å²) in [5.74, 6) is -3.90. The molecule has 0 saturated carbocycles. The third-order valence-electron chi connectivity index (χ3n) is 8.33. The maximum Gasteiger partial charge on any atom is 0.490 e. The summed E-state index contributed by atoms with van der Waals surface area (Å²) in [6, 6.07) is 7.13. The Hall–Kier alpha value is -4.08. The van der Waals surface area contributed by atoms with Gasteiger partial charge in [-0.25, -0.2) is 32.6 Å². The van der Waals surface area contributed by atoms with Crippen LogP contribution in [0.2, 0.25) is 0 Å². The molecule has 0 amide bonds. The maximum atomic E-state index is 13.9. The smallest absolute Gasteiger partial charge is 0.490 e. The number of phosphoric ester groups is 1. The number of carboxylic acid groups (broad SMARTS) is 1. The quantitative estimate of drug-likeness (QED) is 0.0458. The van der Waals surface area contributed by atoms with E-state index in [2.05, 4.69) is 14.2 Å². The van der Waals surface area contributed by atoms with E-state index in [1.165, 1.54) is 18.2 Å². The molecular weight excluding hydrogens is 778 g/mol. The van der Waals surface area contributed by atoms with Gasteiger partial charge in [-0.1, -0.05) is 17.2 Å². The van der Waals surface area contributed by atoms with Crippen molar-refractivity contribution in [1.29, 1.82) is 0 Å². The van der Waals surface area contributed by atoms with E-state index in [9.17, 15) is 41.1 Å². The second kappa shape index (κ2) is 16.1. The number of nitrogens with one attached hydrogen (secondary N) is 2. The number of benzene rings is 1. The number of Topliss-reactive ketones (excluding diaryl/α,β-unsaturated/α-hetero) is 1. The topological polar surface area (TPSA) is 242 Å². The molecular formula is C30H34ClF3N5O12PS. The molecule has 0 saturated heterocycles. The molecule has 2 aliphatic carbocycles. The summed E-state index contributed by atoms with van der Waals surface area (Å²) < 4.78 is 81.7. The van der Waals surface area contributed by atoms with Gasteiger partial charge in [0.15, 0.2) is 10.8 Å². The molecule has 17 nitrogen and oxygen atoms in total. The van der Waals surface area contributed by atoms with Crippen molar-refractivity contribution in [1.82, 2.24) is 19.6 Å². The van der Waals surface area contributed by atoms with Crippen LogP contribution < -0.4 is 9.46 Å². The van der Waals surface area contributed by atoms with Crippen molar-refractivity contribution in [3.05, 3.63) is 86.8 Å². The standard InChI is InChI=1S/C28H33ClN5O10PS.C2HF3O2/c1-32(2)9-11-43-21-5-6-23-18(13-21)14-24(31-23)27(35)19-12-20(16-29)28-7-3-4-25(22(28)17-33(34(36)37)26(28)15-19)46(41,42)30-8-10-44-45(38,39)40;3-2(4,5)1(6)7/h3-7,13-15,17,19-20,30-31H,8-12,16H2,1-2H3,(H2,38,39,40);(H,6,7). The number of carbonyl (C=O) groups excluding carboxylic acids is 1. The van der Waals surface area contributed by atoms with Crippen molar-refractivity contribution >= 4 is 52.1 Å². The Bertz CT molecular complexity index is 2050. The SMILES string of the molecule is CN(C)CCOc1ccc2[nH]c(C(=O)C3C=C4N([N+](=O)[O-])C=C5C(S(=O)(=O)NCCOP(=O)(O)O)=CC=CC54C(CCl)C3)cc2c1.O=C(O)C(F)(F)F. The van der Waals surface area contributed by atoms with E-state index in [-0.39, 0.29) is 34.3 Å². The number of ether oxygens (including phenoxy) is 1. The number of aromatic amines is 1. The number of allylic oxidation sites excluding steroid dienone is 5. The second-order valence-corrected chi connectivity index (χ2v) is 15.4. The fourth-order valence-corrected chi connectivity index (χ4v) is 7.99. The van der Waals surface area contributed by atoms with E-state index >= 15 is 0 Å². The fraction of sp³-hybridized carbons (Fsp3) is 0.400. The maximum absolute atomic E-state index is 13.9. The van der Waals surface area contributed by atoms with E-state index in [4.69, 9.17) is 36.0 Å². The molecule has 3 aliphatic rings. The molecule has 23 heteroatoms. The van der Waals surface area contributed by atoms with Gasteiger partial charge in [0, 0.05) is 41.4 Å². The summed E-state index contributed by atoms with van der Waals surface area (Å²) in [6.45, 7) is 0.133. The Morgan fingerprint density at radius 2 is 1.92 bits per heavy atom. The Kier molecular flexibility index (Phi) is 12.7.